The Bertz CT molecular complexity index is 320. The van der Waals surface area contributed by atoms with Crippen molar-refractivity contribution in [2.75, 3.05) is 6.61 Å². The summed E-state index contributed by atoms with van der Waals surface area (Å²) in [6.45, 7) is 4.30. The van der Waals surface area contributed by atoms with E-state index in [1.54, 1.807) is 6.92 Å². The second kappa shape index (κ2) is 7.04. The average molecular weight is 225 g/mol. The number of carbonyl (C=O) groups is 1. The van der Waals surface area contributed by atoms with Gasteiger partial charge in [-0.2, -0.15) is 0 Å². The molecule has 4 heteroatoms. The fourth-order valence-corrected chi connectivity index (χ4v) is 1.43. The van der Waals surface area contributed by atoms with Crippen molar-refractivity contribution in [3.8, 4) is 0 Å². The summed E-state index contributed by atoms with van der Waals surface area (Å²) in [5.74, 6) is 0.213. The topological polar surface area (TPSA) is 52.3 Å². The molecule has 0 radical (unpaired) electrons. The van der Waals surface area contributed by atoms with E-state index in [-0.39, 0.29) is 5.69 Å². The van der Waals surface area contributed by atoms with Gasteiger partial charge in [-0.05, 0) is 13.3 Å². The van der Waals surface area contributed by atoms with Gasteiger partial charge in [0.15, 0.2) is 11.6 Å². The van der Waals surface area contributed by atoms with Crippen LogP contribution in [0, 0.1) is 0 Å². The molecule has 0 atom stereocenters. The highest BCUT2D eigenvalue weighted by Crippen LogP contribution is 2.09. The zero-order valence-electron chi connectivity index (χ0n) is 9.99. The highest BCUT2D eigenvalue weighted by Gasteiger charge is 2.12. The zero-order chi connectivity index (χ0) is 11.8. The maximum absolute atomic E-state index is 11.3. The number of nitrogens with zero attached hydrogens (tertiary/aromatic N) is 1. The number of unbranched alkanes of at least 4 members (excludes halogenated alkanes) is 3. The van der Waals surface area contributed by atoms with Gasteiger partial charge in [0.2, 0.25) is 0 Å². The third-order valence-electron chi connectivity index (χ3n) is 2.28. The Morgan fingerprint density at radius 1 is 1.38 bits per heavy atom. The van der Waals surface area contributed by atoms with Crippen LogP contribution in [0.4, 0.5) is 0 Å². The highest BCUT2D eigenvalue weighted by molar-refractivity contribution is 5.86. The van der Waals surface area contributed by atoms with Crippen molar-refractivity contribution < 1.29 is 13.9 Å². The van der Waals surface area contributed by atoms with Gasteiger partial charge in [0, 0.05) is 6.42 Å². The van der Waals surface area contributed by atoms with Crippen molar-refractivity contribution in [2.24, 2.45) is 0 Å². The van der Waals surface area contributed by atoms with E-state index in [1.807, 2.05) is 0 Å². The number of esters is 1. The van der Waals surface area contributed by atoms with Crippen LogP contribution in [0.25, 0.3) is 0 Å². The fraction of sp³-hybridized carbons (Fsp3) is 0.667. The molecule has 4 nitrogen and oxygen atoms in total. The summed E-state index contributed by atoms with van der Waals surface area (Å²) in [4.78, 5) is 15.4. The molecular formula is C12H19NO3. The normalized spacial score (nSPS) is 10.4. The second-order valence-corrected chi connectivity index (χ2v) is 3.66. The molecule has 0 unspecified atom stereocenters. The van der Waals surface area contributed by atoms with Crippen molar-refractivity contribution in [1.82, 2.24) is 4.98 Å². The third kappa shape index (κ3) is 4.04. The molecule has 0 amide bonds. The van der Waals surface area contributed by atoms with E-state index in [0.717, 1.165) is 12.8 Å². The van der Waals surface area contributed by atoms with Gasteiger partial charge >= 0.3 is 5.97 Å². The van der Waals surface area contributed by atoms with Crippen LogP contribution in [0.2, 0.25) is 0 Å². The molecule has 0 aliphatic heterocycles. The molecule has 1 aromatic heterocycles. The molecule has 0 bridgehead atoms. The second-order valence-electron chi connectivity index (χ2n) is 3.66. The molecule has 90 valence electrons. The molecule has 1 rings (SSSR count). The van der Waals surface area contributed by atoms with E-state index < -0.39 is 5.97 Å². The van der Waals surface area contributed by atoms with E-state index in [1.165, 1.54) is 25.5 Å². The Morgan fingerprint density at radius 3 is 2.88 bits per heavy atom. The average Bonchev–Trinajstić information content (AvgIpc) is 2.73. The number of rotatable bonds is 7. The molecule has 0 spiro atoms. The molecule has 1 heterocycles. The van der Waals surface area contributed by atoms with Gasteiger partial charge in [0.1, 0.15) is 6.26 Å². The number of hydrogen-bond donors (Lipinski definition) is 0. The first-order valence-corrected chi connectivity index (χ1v) is 5.89. The lowest BCUT2D eigenvalue weighted by atomic mass is 10.1. The molecule has 0 aliphatic carbocycles. The highest BCUT2D eigenvalue weighted by atomic mass is 16.5. The maximum atomic E-state index is 11.3. The van der Waals surface area contributed by atoms with E-state index in [2.05, 4.69) is 11.9 Å². The summed E-state index contributed by atoms with van der Waals surface area (Å²) in [7, 11) is 0. The minimum absolute atomic E-state index is 0.271. The SMILES string of the molecule is CCCCCCc1nc(C(=O)OCC)co1. The predicted molar refractivity (Wildman–Crippen MR) is 60.3 cm³/mol. The summed E-state index contributed by atoms with van der Waals surface area (Å²) in [6, 6.07) is 0. The molecule has 0 saturated carbocycles. The first-order chi connectivity index (χ1) is 7.77. The van der Waals surface area contributed by atoms with Gasteiger partial charge in [-0.1, -0.05) is 26.2 Å². The predicted octanol–water partition coefficient (Wildman–Crippen LogP) is 2.97. The van der Waals surface area contributed by atoms with Crippen LogP contribution in [0.5, 0.6) is 0 Å². The van der Waals surface area contributed by atoms with Gasteiger partial charge < -0.3 is 9.15 Å². The smallest absolute Gasteiger partial charge is 0.360 e. The quantitative estimate of drug-likeness (QED) is 0.528. The number of ether oxygens (including phenoxy) is 1. The first-order valence-electron chi connectivity index (χ1n) is 5.89. The number of hydrogen-bond acceptors (Lipinski definition) is 4. The van der Waals surface area contributed by atoms with Crippen LogP contribution in [-0.2, 0) is 11.2 Å². The molecule has 1 aromatic rings. The van der Waals surface area contributed by atoms with Crippen LogP contribution >= 0.6 is 0 Å². The monoisotopic (exact) mass is 225 g/mol. The van der Waals surface area contributed by atoms with Gasteiger partial charge in [-0.3, -0.25) is 0 Å². The molecule has 16 heavy (non-hydrogen) atoms. The van der Waals surface area contributed by atoms with E-state index >= 15 is 0 Å². The molecule has 0 N–H and O–H groups in total. The third-order valence-corrected chi connectivity index (χ3v) is 2.28. The summed E-state index contributed by atoms with van der Waals surface area (Å²) in [5, 5.41) is 0. The Hall–Kier alpha value is -1.32. The number of carbonyl (C=O) groups excluding carboxylic acids is 1. The molecule has 0 saturated heterocycles. The number of oxazole rings is 1. The number of aromatic nitrogens is 1. The Kier molecular flexibility index (Phi) is 5.61. The van der Waals surface area contributed by atoms with Crippen molar-refractivity contribution >= 4 is 5.97 Å². The Labute approximate surface area is 96.0 Å². The number of aryl methyl sites for hydroxylation is 1. The summed E-state index contributed by atoms with van der Waals surface area (Å²) < 4.78 is 10.0. The van der Waals surface area contributed by atoms with Crippen molar-refractivity contribution in [1.29, 1.82) is 0 Å². The van der Waals surface area contributed by atoms with Gasteiger partial charge in [0.05, 0.1) is 6.61 Å². The Morgan fingerprint density at radius 2 is 2.19 bits per heavy atom. The minimum atomic E-state index is -0.411. The van der Waals surface area contributed by atoms with Gasteiger partial charge in [-0.15, -0.1) is 0 Å². The van der Waals surface area contributed by atoms with Crippen LogP contribution in [0.3, 0.4) is 0 Å². The van der Waals surface area contributed by atoms with E-state index in [0.29, 0.717) is 12.5 Å². The van der Waals surface area contributed by atoms with Crippen molar-refractivity contribution in [3.63, 3.8) is 0 Å². The van der Waals surface area contributed by atoms with Crippen molar-refractivity contribution in [3.05, 3.63) is 17.8 Å². The molecule has 0 fully saturated rings. The lowest BCUT2D eigenvalue weighted by Crippen LogP contribution is -2.05. The van der Waals surface area contributed by atoms with Gasteiger partial charge in [-0.25, -0.2) is 9.78 Å². The standard InChI is InChI=1S/C12H19NO3/c1-3-5-6-7-8-11-13-10(9-16-11)12(14)15-4-2/h9H,3-8H2,1-2H3. The first kappa shape index (κ1) is 12.7. The van der Waals surface area contributed by atoms with Crippen LogP contribution < -0.4 is 0 Å². The zero-order valence-corrected chi connectivity index (χ0v) is 9.99. The summed E-state index contributed by atoms with van der Waals surface area (Å²) in [6.07, 6.45) is 6.82. The van der Waals surface area contributed by atoms with Gasteiger partial charge in [0.25, 0.3) is 0 Å². The van der Waals surface area contributed by atoms with Crippen LogP contribution in [-0.4, -0.2) is 17.6 Å². The summed E-state index contributed by atoms with van der Waals surface area (Å²) >= 11 is 0. The van der Waals surface area contributed by atoms with E-state index in [9.17, 15) is 4.79 Å². The van der Waals surface area contributed by atoms with Crippen LogP contribution in [0.1, 0.15) is 55.9 Å². The minimum Gasteiger partial charge on any atom is -0.461 e. The molecule has 0 aliphatic rings. The Balaban J connectivity index is 2.36. The lowest BCUT2D eigenvalue weighted by Gasteiger charge is -1.96. The van der Waals surface area contributed by atoms with E-state index in [4.69, 9.17) is 9.15 Å². The lowest BCUT2D eigenvalue weighted by molar-refractivity contribution is 0.0519. The fourth-order valence-electron chi connectivity index (χ4n) is 1.43. The maximum Gasteiger partial charge on any atom is 0.360 e. The summed E-state index contributed by atoms with van der Waals surface area (Å²) in [5.41, 5.74) is 0.271. The van der Waals surface area contributed by atoms with Crippen molar-refractivity contribution in [2.45, 2.75) is 46.0 Å². The molecule has 0 aromatic carbocycles. The van der Waals surface area contributed by atoms with Crippen LogP contribution in [0.15, 0.2) is 10.7 Å². The molecular weight excluding hydrogens is 206 g/mol. The largest absolute Gasteiger partial charge is 0.461 e.